The topological polar surface area (TPSA) is 79.3 Å². The Kier molecular flexibility index (Phi) is 7.68. The predicted octanol–water partition coefficient (Wildman–Crippen LogP) is 8.44. The Balaban J connectivity index is 1.68. The van der Waals surface area contributed by atoms with Crippen LogP contribution in [-0.4, -0.2) is 5.78 Å². The maximum Gasteiger partial charge on any atom is 0.162 e. The zero-order valence-electron chi connectivity index (χ0n) is 23.9. The molecule has 210 valence electrons. The minimum absolute atomic E-state index is 0.00921. The molecule has 0 bridgehead atoms. The van der Waals surface area contributed by atoms with E-state index in [0.717, 1.165) is 39.3 Å². The lowest BCUT2D eigenvalue weighted by atomic mass is 9.68. The standard InChI is InChI=1S/C34H33Cl2N3O2/c1-19-6-9-24(10-7-19)41-18-22-12-20(2)13-25(21(22)3)31-26(17-37)33(38)39(28-11-8-23(35)14-27(28)36)29-15-34(4,5)16-30(40)32(29)31/h6-14,31H,15-16,18,38H2,1-5H3. The molecule has 0 spiro atoms. The zero-order valence-corrected chi connectivity index (χ0v) is 25.5. The molecule has 41 heavy (non-hydrogen) atoms. The molecule has 2 N–H and O–H groups in total. The summed E-state index contributed by atoms with van der Waals surface area (Å²) in [6, 6.07) is 19.6. The van der Waals surface area contributed by atoms with E-state index in [1.165, 1.54) is 0 Å². The van der Waals surface area contributed by atoms with Crippen LogP contribution in [0.1, 0.15) is 60.4 Å². The molecule has 1 heterocycles. The number of benzene rings is 3. The van der Waals surface area contributed by atoms with Gasteiger partial charge in [-0.2, -0.15) is 5.26 Å². The van der Waals surface area contributed by atoms with E-state index in [1.807, 2.05) is 45.0 Å². The monoisotopic (exact) mass is 585 g/mol. The van der Waals surface area contributed by atoms with E-state index < -0.39 is 5.92 Å². The highest BCUT2D eigenvalue weighted by molar-refractivity contribution is 6.36. The summed E-state index contributed by atoms with van der Waals surface area (Å²) >= 11 is 12.9. The number of nitrogens with zero attached hydrogens (tertiary/aromatic N) is 2. The first kappa shape index (κ1) is 28.8. The van der Waals surface area contributed by atoms with Crippen LogP contribution in [0, 0.1) is 37.5 Å². The molecule has 0 saturated carbocycles. The Morgan fingerprint density at radius 3 is 2.39 bits per heavy atom. The Hall–Kier alpha value is -3.72. The van der Waals surface area contributed by atoms with Gasteiger partial charge in [0.2, 0.25) is 0 Å². The van der Waals surface area contributed by atoms with Gasteiger partial charge in [0.25, 0.3) is 0 Å². The molecule has 3 aromatic carbocycles. The van der Waals surface area contributed by atoms with Gasteiger partial charge in [-0.05, 0) is 79.6 Å². The molecule has 7 heteroatoms. The van der Waals surface area contributed by atoms with Crippen LogP contribution in [0.5, 0.6) is 5.75 Å². The van der Waals surface area contributed by atoms with Gasteiger partial charge in [0.05, 0.1) is 28.3 Å². The number of nitriles is 1. The third kappa shape index (κ3) is 5.47. The number of rotatable bonds is 5. The Bertz CT molecular complexity index is 1660. The lowest BCUT2D eigenvalue weighted by Gasteiger charge is -2.44. The average molecular weight is 587 g/mol. The van der Waals surface area contributed by atoms with Crippen molar-refractivity contribution in [1.29, 1.82) is 5.26 Å². The molecule has 0 saturated heterocycles. The van der Waals surface area contributed by atoms with Gasteiger partial charge in [0.15, 0.2) is 5.78 Å². The zero-order chi connectivity index (χ0) is 29.6. The van der Waals surface area contributed by atoms with Crippen LogP contribution in [0.4, 0.5) is 5.69 Å². The molecule has 2 aliphatic rings. The van der Waals surface area contributed by atoms with Crippen LogP contribution in [0.3, 0.4) is 0 Å². The van der Waals surface area contributed by atoms with Crippen molar-refractivity contribution in [2.45, 2.75) is 60.0 Å². The quantitative estimate of drug-likeness (QED) is 0.325. The van der Waals surface area contributed by atoms with Crippen LogP contribution in [-0.2, 0) is 11.4 Å². The molecule has 5 rings (SSSR count). The molecule has 5 nitrogen and oxygen atoms in total. The molecule has 1 aliphatic heterocycles. The number of hydrogen-bond donors (Lipinski definition) is 1. The average Bonchev–Trinajstić information content (AvgIpc) is 2.89. The summed E-state index contributed by atoms with van der Waals surface area (Å²) in [7, 11) is 0. The molecule has 0 radical (unpaired) electrons. The second kappa shape index (κ2) is 10.9. The third-order valence-corrected chi connectivity index (χ3v) is 8.50. The maximum atomic E-state index is 14.0. The van der Waals surface area contributed by atoms with Gasteiger partial charge in [-0.3, -0.25) is 9.69 Å². The van der Waals surface area contributed by atoms with Crippen molar-refractivity contribution in [1.82, 2.24) is 0 Å². The normalized spacial score (nSPS) is 18.3. The van der Waals surface area contributed by atoms with Crippen molar-refractivity contribution in [3.8, 4) is 11.8 Å². The summed E-state index contributed by atoms with van der Waals surface area (Å²) in [6.07, 6.45) is 0.967. The van der Waals surface area contributed by atoms with Crippen LogP contribution < -0.4 is 15.4 Å². The minimum atomic E-state index is -0.598. The van der Waals surface area contributed by atoms with E-state index in [9.17, 15) is 10.1 Å². The lowest BCUT2D eigenvalue weighted by Crippen LogP contribution is -2.42. The number of ether oxygens (including phenoxy) is 1. The summed E-state index contributed by atoms with van der Waals surface area (Å²) in [4.78, 5) is 15.8. The van der Waals surface area contributed by atoms with Gasteiger partial charge in [-0.15, -0.1) is 0 Å². The van der Waals surface area contributed by atoms with Gasteiger partial charge in [-0.1, -0.05) is 72.4 Å². The van der Waals surface area contributed by atoms with Crippen molar-refractivity contribution in [2.75, 3.05) is 4.90 Å². The SMILES string of the molecule is Cc1ccc(OCc2cc(C)cc(C3C(C#N)=C(N)N(c4ccc(Cl)cc4Cl)C4=C3C(=O)CC(C)(C)C4)c2C)cc1. The fraction of sp³-hybridized carbons (Fsp3) is 0.294. The third-order valence-electron chi connectivity index (χ3n) is 7.96. The highest BCUT2D eigenvalue weighted by Gasteiger charge is 2.45. The molecular weight excluding hydrogens is 553 g/mol. The Morgan fingerprint density at radius 2 is 1.73 bits per heavy atom. The summed E-state index contributed by atoms with van der Waals surface area (Å²) in [5.74, 6) is 0.459. The fourth-order valence-corrected chi connectivity index (χ4v) is 6.46. The van der Waals surface area contributed by atoms with E-state index in [2.05, 4.69) is 32.0 Å². The summed E-state index contributed by atoms with van der Waals surface area (Å²) in [6.45, 7) is 10.6. The summed E-state index contributed by atoms with van der Waals surface area (Å²) in [5, 5.41) is 11.4. The second-order valence-electron chi connectivity index (χ2n) is 11.8. The first-order chi connectivity index (χ1) is 19.4. The highest BCUT2D eigenvalue weighted by Crippen LogP contribution is 2.52. The van der Waals surface area contributed by atoms with Gasteiger partial charge in [-0.25, -0.2) is 0 Å². The highest BCUT2D eigenvalue weighted by atomic mass is 35.5. The Labute approximate surface area is 251 Å². The first-order valence-corrected chi connectivity index (χ1v) is 14.4. The predicted molar refractivity (Wildman–Crippen MR) is 165 cm³/mol. The number of Topliss-reactive ketones (excluding diaryl/α,β-unsaturated/α-hetero) is 1. The lowest BCUT2D eigenvalue weighted by molar-refractivity contribution is -0.118. The van der Waals surface area contributed by atoms with E-state index in [-0.39, 0.29) is 17.0 Å². The number of allylic oxidation sites excluding steroid dienone is 3. The molecule has 1 unspecified atom stereocenters. The number of hydrogen-bond acceptors (Lipinski definition) is 5. The van der Waals surface area contributed by atoms with Crippen molar-refractivity contribution in [3.05, 3.63) is 115 Å². The number of aryl methyl sites for hydroxylation is 2. The minimum Gasteiger partial charge on any atom is -0.489 e. The van der Waals surface area contributed by atoms with E-state index in [0.29, 0.717) is 46.3 Å². The largest absolute Gasteiger partial charge is 0.489 e. The van der Waals surface area contributed by atoms with E-state index in [1.54, 1.807) is 23.1 Å². The van der Waals surface area contributed by atoms with Crippen LogP contribution >= 0.6 is 23.2 Å². The van der Waals surface area contributed by atoms with Gasteiger partial charge in [0.1, 0.15) is 18.2 Å². The van der Waals surface area contributed by atoms with Crippen LogP contribution in [0.25, 0.3) is 0 Å². The summed E-state index contributed by atoms with van der Waals surface area (Å²) < 4.78 is 6.14. The smallest absolute Gasteiger partial charge is 0.162 e. The van der Waals surface area contributed by atoms with Crippen molar-refractivity contribution < 1.29 is 9.53 Å². The summed E-state index contributed by atoms with van der Waals surface area (Å²) in [5.41, 5.74) is 13.8. The Morgan fingerprint density at radius 1 is 1.02 bits per heavy atom. The molecular formula is C34H33Cl2N3O2. The molecule has 3 aromatic rings. The molecule has 0 amide bonds. The number of halogens is 2. The van der Waals surface area contributed by atoms with Gasteiger partial charge in [0, 0.05) is 22.7 Å². The van der Waals surface area contributed by atoms with Gasteiger partial charge < -0.3 is 10.5 Å². The number of carbonyl (C=O) groups is 1. The van der Waals surface area contributed by atoms with Crippen molar-refractivity contribution in [3.63, 3.8) is 0 Å². The van der Waals surface area contributed by atoms with Gasteiger partial charge >= 0.3 is 0 Å². The molecule has 0 fully saturated rings. The molecule has 1 aliphatic carbocycles. The first-order valence-electron chi connectivity index (χ1n) is 13.6. The molecule has 0 aromatic heterocycles. The van der Waals surface area contributed by atoms with E-state index in [4.69, 9.17) is 33.7 Å². The number of ketones is 1. The van der Waals surface area contributed by atoms with Crippen LogP contribution in [0.2, 0.25) is 10.0 Å². The number of anilines is 1. The maximum absolute atomic E-state index is 14.0. The fourth-order valence-electron chi connectivity index (χ4n) is 5.97. The number of nitrogens with two attached hydrogens (primary N) is 1. The van der Waals surface area contributed by atoms with Crippen LogP contribution in [0.15, 0.2) is 77.3 Å². The second-order valence-corrected chi connectivity index (χ2v) is 12.7. The van der Waals surface area contributed by atoms with E-state index >= 15 is 0 Å². The van der Waals surface area contributed by atoms with Crippen molar-refractivity contribution in [2.24, 2.45) is 11.1 Å². The van der Waals surface area contributed by atoms with Crippen molar-refractivity contribution >= 4 is 34.7 Å². The molecule has 1 atom stereocenters. The number of carbonyl (C=O) groups excluding carboxylic acids is 1.